The van der Waals surface area contributed by atoms with E-state index in [2.05, 4.69) is 45.4 Å². The van der Waals surface area contributed by atoms with Gasteiger partial charge < -0.3 is 20.3 Å². The van der Waals surface area contributed by atoms with Crippen molar-refractivity contribution in [2.24, 2.45) is 0 Å². The Balaban J connectivity index is 1.48. The van der Waals surface area contributed by atoms with Crippen LogP contribution in [0.5, 0.6) is 0 Å². The van der Waals surface area contributed by atoms with Crippen LogP contribution >= 0.6 is 0 Å². The number of para-hydroxylation sites is 1. The summed E-state index contributed by atoms with van der Waals surface area (Å²) >= 11 is 0. The minimum Gasteiger partial charge on any atom is -0.452 e. The van der Waals surface area contributed by atoms with Gasteiger partial charge >= 0.3 is 12.1 Å². The van der Waals surface area contributed by atoms with E-state index in [0.29, 0.717) is 24.0 Å². The zero-order valence-corrected chi connectivity index (χ0v) is 16.4. The quantitative estimate of drug-likeness (QED) is 0.831. The maximum atomic E-state index is 12.2. The van der Waals surface area contributed by atoms with Crippen molar-refractivity contribution in [1.29, 1.82) is 0 Å². The molecule has 2 N–H and O–H groups in total. The summed E-state index contributed by atoms with van der Waals surface area (Å²) in [7, 11) is 2.96. The molecule has 3 amide bonds. The molecule has 28 heavy (non-hydrogen) atoms. The second kappa shape index (κ2) is 8.65. The van der Waals surface area contributed by atoms with Crippen LogP contribution < -0.4 is 20.4 Å². The monoisotopic (exact) mass is 382 g/mol. The molecule has 2 aromatic carbocycles. The first-order chi connectivity index (χ1) is 13.5. The number of hydrogen-bond donors (Lipinski definition) is 2. The van der Waals surface area contributed by atoms with Gasteiger partial charge in [-0.05, 0) is 49.2 Å². The lowest BCUT2D eigenvalue weighted by atomic mass is 10.1. The van der Waals surface area contributed by atoms with Crippen molar-refractivity contribution >= 4 is 29.2 Å². The van der Waals surface area contributed by atoms with Crippen molar-refractivity contribution in [3.05, 3.63) is 54.1 Å². The highest BCUT2D eigenvalue weighted by molar-refractivity contribution is 5.90. The molecule has 7 nitrogen and oxygen atoms in total. The topological polar surface area (TPSA) is 73.9 Å². The Morgan fingerprint density at radius 1 is 1.18 bits per heavy atom. The molecule has 148 valence electrons. The summed E-state index contributed by atoms with van der Waals surface area (Å²) in [4.78, 5) is 27.4. The highest BCUT2D eigenvalue weighted by Crippen LogP contribution is 2.31. The van der Waals surface area contributed by atoms with Gasteiger partial charge in [-0.15, -0.1) is 0 Å². The van der Waals surface area contributed by atoms with E-state index in [4.69, 9.17) is 0 Å². The molecule has 0 bridgehead atoms. The Morgan fingerprint density at radius 3 is 2.61 bits per heavy atom. The fourth-order valence-corrected chi connectivity index (χ4v) is 3.45. The van der Waals surface area contributed by atoms with Crippen LogP contribution in [-0.4, -0.2) is 45.4 Å². The van der Waals surface area contributed by atoms with Crippen LogP contribution in [0.2, 0.25) is 0 Å². The van der Waals surface area contributed by atoms with Crippen LogP contribution in [0.25, 0.3) is 0 Å². The molecular weight excluding hydrogens is 356 g/mol. The van der Waals surface area contributed by atoms with Gasteiger partial charge in [0.05, 0.1) is 7.11 Å². The Morgan fingerprint density at radius 2 is 1.89 bits per heavy atom. The molecule has 3 rings (SSSR count). The van der Waals surface area contributed by atoms with Gasteiger partial charge in [0.2, 0.25) is 0 Å². The zero-order valence-electron chi connectivity index (χ0n) is 16.4. The fraction of sp³-hybridized carbons (Fsp3) is 0.333. The van der Waals surface area contributed by atoms with Crippen molar-refractivity contribution in [2.75, 3.05) is 42.4 Å². The molecule has 0 aromatic heterocycles. The van der Waals surface area contributed by atoms with Crippen LogP contribution in [-0.2, 0) is 11.2 Å². The molecule has 0 saturated heterocycles. The summed E-state index contributed by atoms with van der Waals surface area (Å²) in [6, 6.07) is 15.6. The number of amides is 3. The van der Waals surface area contributed by atoms with E-state index >= 15 is 0 Å². The van der Waals surface area contributed by atoms with E-state index in [0.717, 1.165) is 13.0 Å². The van der Waals surface area contributed by atoms with Crippen LogP contribution in [0.4, 0.5) is 26.7 Å². The normalized spacial score (nSPS) is 15.0. The molecule has 1 heterocycles. The van der Waals surface area contributed by atoms with Crippen LogP contribution in [0.3, 0.4) is 0 Å². The Kier molecular flexibility index (Phi) is 6.03. The van der Waals surface area contributed by atoms with E-state index in [1.807, 2.05) is 6.07 Å². The summed E-state index contributed by atoms with van der Waals surface area (Å²) in [5.41, 5.74) is 3.94. The van der Waals surface area contributed by atoms with Crippen molar-refractivity contribution in [1.82, 2.24) is 5.32 Å². The maximum absolute atomic E-state index is 12.2. The van der Waals surface area contributed by atoms with Crippen molar-refractivity contribution < 1.29 is 14.3 Å². The number of nitrogens with zero attached hydrogens (tertiary/aromatic N) is 2. The fourth-order valence-electron chi connectivity index (χ4n) is 3.45. The molecule has 1 atom stereocenters. The minimum atomic E-state index is -0.448. The van der Waals surface area contributed by atoms with Crippen molar-refractivity contribution in [3.63, 3.8) is 0 Å². The van der Waals surface area contributed by atoms with Crippen molar-refractivity contribution in [2.45, 2.75) is 19.4 Å². The minimum absolute atomic E-state index is 0.255. The van der Waals surface area contributed by atoms with E-state index in [9.17, 15) is 9.59 Å². The third-order valence-corrected chi connectivity index (χ3v) is 4.95. The molecular formula is C21H26N4O3. The SMILES string of the molecule is COC(=O)N(C)c1ccc(NC(=O)NCCN2c3ccccc3C[C@@H]2C)cc1. The highest BCUT2D eigenvalue weighted by atomic mass is 16.5. The largest absolute Gasteiger partial charge is 0.452 e. The molecule has 0 aliphatic carbocycles. The maximum Gasteiger partial charge on any atom is 0.413 e. The highest BCUT2D eigenvalue weighted by Gasteiger charge is 2.24. The Labute approximate surface area is 165 Å². The van der Waals surface area contributed by atoms with Gasteiger partial charge in [-0.25, -0.2) is 9.59 Å². The number of fused-ring (bicyclic) bond motifs is 1. The molecule has 0 spiro atoms. The predicted octanol–water partition coefficient (Wildman–Crippen LogP) is 3.46. The van der Waals surface area contributed by atoms with Gasteiger partial charge in [0.1, 0.15) is 0 Å². The van der Waals surface area contributed by atoms with E-state index in [1.54, 1.807) is 31.3 Å². The molecule has 0 saturated carbocycles. The molecule has 0 fully saturated rings. The van der Waals surface area contributed by atoms with Gasteiger partial charge in [0.15, 0.2) is 0 Å². The first-order valence-electron chi connectivity index (χ1n) is 9.30. The second-order valence-corrected chi connectivity index (χ2v) is 6.83. The Hall–Kier alpha value is -3.22. The summed E-state index contributed by atoms with van der Waals surface area (Å²) in [5.74, 6) is 0. The molecule has 0 radical (unpaired) electrons. The molecule has 7 heteroatoms. The third kappa shape index (κ3) is 4.36. The third-order valence-electron chi connectivity index (χ3n) is 4.95. The smallest absolute Gasteiger partial charge is 0.413 e. The average Bonchev–Trinajstić information content (AvgIpc) is 3.02. The molecule has 1 aliphatic rings. The lowest BCUT2D eigenvalue weighted by Gasteiger charge is -2.25. The summed E-state index contributed by atoms with van der Waals surface area (Å²) in [6.45, 7) is 3.51. The van der Waals surface area contributed by atoms with Crippen LogP contribution in [0.15, 0.2) is 48.5 Å². The van der Waals surface area contributed by atoms with Crippen LogP contribution in [0, 0.1) is 0 Å². The zero-order chi connectivity index (χ0) is 20.1. The van der Waals surface area contributed by atoms with Gasteiger partial charge in [-0.2, -0.15) is 0 Å². The number of urea groups is 1. The van der Waals surface area contributed by atoms with E-state index in [1.165, 1.54) is 23.3 Å². The number of hydrogen-bond acceptors (Lipinski definition) is 4. The number of anilines is 3. The number of methoxy groups -OCH3 is 1. The number of ether oxygens (including phenoxy) is 1. The predicted molar refractivity (Wildman–Crippen MR) is 111 cm³/mol. The number of benzene rings is 2. The summed E-state index contributed by atoms with van der Waals surface area (Å²) in [6.07, 6.45) is 0.588. The molecule has 2 aromatic rings. The van der Waals surface area contributed by atoms with Gasteiger partial charge in [-0.3, -0.25) is 4.90 Å². The molecule has 0 unspecified atom stereocenters. The second-order valence-electron chi connectivity index (χ2n) is 6.83. The van der Waals surface area contributed by atoms with Gasteiger partial charge in [0, 0.05) is 43.2 Å². The first-order valence-corrected chi connectivity index (χ1v) is 9.30. The summed E-state index contributed by atoms with van der Waals surface area (Å²) in [5, 5.41) is 5.70. The number of carbonyl (C=O) groups excluding carboxylic acids is 2. The van der Waals surface area contributed by atoms with Crippen molar-refractivity contribution in [3.8, 4) is 0 Å². The first kappa shape index (κ1) is 19.5. The van der Waals surface area contributed by atoms with Gasteiger partial charge in [-0.1, -0.05) is 18.2 Å². The molecule has 1 aliphatic heterocycles. The number of rotatable bonds is 5. The van der Waals surface area contributed by atoms with Crippen LogP contribution in [0.1, 0.15) is 12.5 Å². The van der Waals surface area contributed by atoms with E-state index < -0.39 is 6.09 Å². The average molecular weight is 382 g/mol. The van der Waals surface area contributed by atoms with Gasteiger partial charge in [0.25, 0.3) is 0 Å². The lowest BCUT2D eigenvalue weighted by molar-refractivity contribution is 0.180. The summed E-state index contributed by atoms with van der Waals surface area (Å²) < 4.78 is 4.68. The lowest BCUT2D eigenvalue weighted by Crippen LogP contribution is -2.39. The number of carbonyl (C=O) groups is 2. The Bertz CT molecular complexity index is 838. The number of nitrogens with one attached hydrogen (secondary N) is 2. The van der Waals surface area contributed by atoms with E-state index in [-0.39, 0.29) is 6.03 Å². The standard InChI is InChI=1S/C21H26N4O3/c1-15-14-16-6-4-5-7-19(16)25(15)13-12-22-20(26)23-17-8-10-18(11-9-17)24(2)21(27)28-3/h4-11,15H,12-14H2,1-3H3,(H2,22,23,26)/t15-/m0/s1.